The fourth-order valence-electron chi connectivity index (χ4n) is 1.69. The third-order valence-electron chi connectivity index (χ3n) is 2.72. The predicted octanol–water partition coefficient (Wildman–Crippen LogP) is 2.04. The van der Waals surface area contributed by atoms with Crippen LogP contribution in [0.5, 0.6) is 0 Å². The summed E-state index contributed by atoms with van der Waals surface area (Å²) in [5.74, 6) is 0.102. The van der Waals surface area contributed by atoms with Crippen molar-refractivity contribution in [3.8, 4) is 0 Å². The average Bonchev–Trinajstić information content (AvgIpc) is 2.35. The first-order chi connectivity index (χ1) is 8.59. The van der Waals surface area contributed by atoms with Gasteiger partial charge in [0, 0.05) is 24.9 Å². The predicted molar refractivity (Wildman–Crippen MR) is 73.2 cm³/mol. The van der Waals surface area contributed by atoms with Crippen LogP contribution < -0.4 is 10.6 Å². The molecule has 0 aliphatic heterocycles. The minimum absolute atomic E-state index is 0.0403. The number of aromatic nitrogens is 1. The number of rotatable bonds is 7. The van der Waals surface area contributed by atoms with Crippen LogP contribution in [-0.4, -0.2) is 23.5 Å². The van der Waals surface area contributed by atoms with E-state index >= 15 is 0 Å². The maximum Gasteiger partial charge on any atom is 0.220 e. The van der Waals surface area contributed by atoms with E-state index in [1.54, 1.807) is 12.4 Å². The number of carbonyl (C=O) groups excluding carboxylic acids is 1. The summed E-state index contributed by atoms with van der Waals surface area (Å²) in [7, 11) is 0. The molecule has 0 aliphatic rings. The molecule has 1 atom stereocenters. The Morgan fingerprint density at radius 3 is 2.56 bits per heavy atom. The molecule has 0 fully saturated rings. The Morgan fingerprint density at radius 2 is 1.94 bits per heavy atom. The Hall–Kier alpha value is -1.42. The maximum absolute atomic E-state index is 11.7. The van der Waals surface area contributed by atoms with E-state index in [1.165, 1.54) is 0 Å². The molecule has 0 saturated carbocycles. The summed E-state index contributed by atoms with van der Waals surface area (Å²) in [6.45, 7) is 7.07. The molecule has 4 nitrogen and oxygen atoms in total. The molecule has 0 aromatic carbocycles. The van der Waals surface area contributed by atoms with Crippen LogP contribution in [0, 0.1) is 0 Å². The van der Waals surface area contributed by atoms with Crippen LogP contribution in [0.3, 0.4) is 0 Å². The van der Waals surface area contributed by atoms with Gasteiger partial charge >= 0.3 is 0 Å². The van der Waals surface area contributed by atoms with E-state index in [2.05, 4.69) is 29.5 Å². The van der Waals surface area contributed by atoms with Crippen LogP contribution in [0.2, 0.25) is 0 Å². The smallest absolute Gasteiger partial charge is 0.220 e. The lowest BCUT2D eigenvalue weighted by atomic mass is 10.1. The van der Waals surface area contributed by atoms with Crippen molar-refractivity contribution < 1.29 is 4.79 Å². The average molecular weight is 249 g/mol. The molecule has 1 amide bonds. The first-order valence-electron chi connectivity index (χ1n) is 6.52. The largest absolute Gasteiger partial charge is 0.350 e. The van der Waals surface area contributed by atoms with E-state index in [0.717, 1.165) is 18.5 Å². The van der Waals surface area contributed by atoms with Gasteiger partial charge in [0.25, 0.3) is 0 Å². The van der Waals surface area contributed by atoms with Gasteiger partial charge in [0.15, 0.2) is 0 Å². The summed E-state index contributed by atoms with van der Waals surface area (Å²) >= 11 is 0. The Morgan fingerprint density at radius 1 is 1.28 bits per heavy atom. The number of amides is 1. The third kappa shape index (κ3) is 5.77. The van der Waals surface area contributed by atoms with Gasteiger partial charge in [0.05, 0.1) is 6.04 Å². The van der Waals surface area contributed by atoms with Crippen molar-refractivity contribution in [2.75, 3.05) is 6.54 Å². The van der Waals surface area contributed by atoms with E-state index in [0.29, 0.717) is 12.5 Å². The molecule has 100 valence electrons. The van der Waals surface area contributed by atoms with Crippen molar-refractivity contribution in [1.29, 1.82) is 0 Å². The van der Waals surface area contributed by atoms with Crippen molar-refractivity contribution in [3.63, 3.8) is 0 Å². The van der Waals surface area contributed by atoms with Gasteiger partial charge < -0.3 is 10.6 Å². The zero-order valence-corrected chi connectivity index (χ0v) is 11.4. The maximum atomic E-state index is 11.7. The molecule has 1 rings (SSSR count). The number of hydrogen-bond donors (Lipinski definition) is 2. The van der Waals surface area contributed by atoms with Gasteiger partial charge in [-0.15, -0.1) is 0 Å². The lowest BCUT2D eigenvalue weighted by Gasteiger charge is -2.14. The van der Waals surface area contributed by atoms with Crippen LogP contribution in [0.1, 0.15) is 45.2 Å². The SMILES string of the molecule is CC(C)NCCCC(=O)N[C@H](C)c1ccncc1. The minimum atomic E-state index is 0.0403. The highest BCUT2D eigenvalue weighted by molar-refractivity contribution is 5.76. The number of nitrogens with zero attached hydrogens (tertiary/aromatic N) is 1. The molecule has 18 heavy (non-hydrogen) atoms. The molecule has 4 heteroatoms. The van der Waals surface area contributed by atoms with E-state index in [-0.39, 0.29) is 11.9 Å². The molecule has 0 spiro atoms. The van der Waals surface area contributed by atoms with Gasteiger partial charge in [-0.2, -0.15) is 0 Å². The summed E-state index contributed by atoms with van der Waals surface area (Å²) in [6, 6.07) is 4.36. The van der Waals surface area contributed by atoms with E-state index in [9.17, 15) is 4.79 Å². The highest BCUT2D eigenvalue weighted by Crippen LogP contribution is 2.10. The molecule has 1 aromatic heterocycles. The number of pyridine rings is 1. The molecule has 1 aromatic rings. The van der Waals surface area contributed by atoms with Crippen LogP contribution in [-0.2, 0) is 4.79 Å². The van der Waals surface area contributed by atoms with Crippen molar-refractivity contribution in [2.24, 2.45) is 0 Å². The molecule has 0 saturated heterocycles. The Bertz CT molecular complexity index is 351. The fourth-order valence-corrected chi connectivity index (χ4v) is 1.69. The van der Waals surface area contributed by atoms with Crippen LogP contribution in [0.4, 0.5) is 0 Å². The van der Waals surface area contributed by atoms with Crippen LogP contribution in [0.25, 0.3) is 0 Å². The highest BCUT2D eigenvalue weighted by Gasteiger charge is 2.08. The Kier molecular flexibility index (Phi) is 6.36. The van der Waals surface area contributed by atoms with Gasteiger partial charge in [-0.05, 0) is 37.6 Å². The molecular formula is C14H23N3O. The van der Waals surface area contributed by atoms with Gasteiger partial charge in [-0.3, -0.25) is 9.78 Å². The summed E-state index contributed by atoms with van der Waals surface area (Å²) in [4.78, 5) is 15.7. The molecule has 0 bridgehead atoms. The van der Waals surface area contributed by atoms with Crippen molar-refractivity contribution >= 4 is 5.91 Å². The molecule has 1 heterocycles. The summed E-state index contributed by atoms with van der Waals surface area (Å²) in [6.07, 6.45) is 4.91. The molecule has 0 unspecified atom stereocenters. The van der Waals surface area contributed by atoms with Crippen molar-refractivity contribution in [3.05, 3.63) is 30.1 Å². The molecular weight excluding hydrogens is 226 g/mol. The fraction of sp³-hybridized carbons (Fsp3) is 0.571. The lowest BCUT2D eigenvalue weighted by Crippen LogP contribution is -2.28. The standard InChI is InChI=1S/C14H23N3O/c1-11(2)16-8-4-5-14(18)17-12(3)13-6-9-15-10-7-13/h6-7,9-12,16H,4-5,8H2,1-3H3,(H,17,18)/t12-/m1/s1. The monoisotopic (exact) mass is 249 g/mol. The lowest BCUT2D eigenvalue weighted by molar-refractivity contribution is -0.121. The van der Waals surface area contributed by atoms with E-state index in [4.69, 9.17) is 0 Å². The minimum Gasteiger partial charge on any atom is -0.350 e. The van der Waals surface area contributed by atoms with Crippen molar-refractivity contribution in [1.82, 2.24) is 15.6 Å². The topological polar surface area (TPSA) is 54.0 Å². The summed E-state index contributed by atoms with van der Waals surface area (Å²) in [5.41, 5.74) is 1.08. The first-order valence-corrected chi connectivity index (χ1v) is 6.52. The number of hydrogen-bond acceptors (Lipinski definition) is 3. The van der Waals surface area contributed by atoms with Gasteiger partial charge in [-0.25, -0.2) is 0 Å². The second-order valence-corrected chi connectivity index (χ2v) is 4.78. The number of nitrogens with one attached hydrogen (secondary N) is 2. The van der Waals surface area contributed by atoms with Gasteiger partial charge in [-0.1, -0.05) is 13.8 Å². The normalized spacial score (nSPS) is 12.4. The van der Waals surface area contributed by atoms with E-state index in [1.807, 2.05) is 19.1 Å². The molecule has 0 aliphatic carbocycles. The number of carbonyl (C=O) groups is 1. The zero-order chi connectivity index (χ0) is 13.4. The molecule has 0 radical (unpaired) electrons. The summed E-state index contributed by atoms with van der Waals surface area (Å²) < 4.78 is 0. The third-order valence-corrected chi connectivity index (χ3v) is 2.72. The van der Waals surface area contributed by atoms with Crippen molar-refractivity contribution in [2.45, 2.75) is 45.7 Å². The second kappa shape index (κ2) is 7.82. The van der Waals surface area contributed by atoms with Gasteiger partial charge in [0.1, 0.15) is 0 Å². The molecule has 2 N–H and O–H groups in total. The van der Waals surface area contributed by atoms with Gasteiger partial charge in [0.2, 0.25) is 5.91 Å². The summed E-state index contributed by atoms with van der Waals surface area (Å²) in [5, 5.41) is 6.29. The van der Waals surface area contributed by atoms with Crippen LogP contribution >= 0.6 is 0 Å². The Balaban J connectivity index is 2.24. The second-order valence-electron chi connectivity index (χ2n) is 4.78. The quantitative estimate of drug-likeness (QED) is 0.727. The Labute approximate surface area is 109 Å². The van der Waals surface area contributed by atoms with Crippen LogP contribution in [0.15, 0.2) is 24.5 Å². The van der Waals surface area contributed by atoms with E-state index < -0.39 is 0 Å². The first kappa shape index (κ1) is 14.6. The zero-order valence-electron chi connectivity index (χ0n) is 11.4. The highest BCUT2D eigenvalue weighted by atomic mass is 16.1.